The molecule has 0 aliphatic carbocycles. The minimum atomic E-state index is 0.636. The molecule has 96 valence electrons. The summed E-state index contributed by atoms with van der Waals surface area (Å²) in [6, 6.07) is 10.3. The largest absolute Gasteiger partial charge is 0.354 e. The standard InChI is InChI=1S/C15H14BrN3/c16-11-1-2-14-13(9-11)12(3-6-17)15(19-14)10-4-7-18-8-5-10/h1-2,4-5,7-9,19H,3,6,17H2. The summed E-state index contributed by atoms with van der Waals surface area (Å²) in [5, 5.41) is 1.23. The van der Waals surface area contributed by atoms with Crippen LogP contribution in [0.4, 0.5) is 0 Å². The Morgan fingerprint density at radius 2 is 1.95 bits per heavy atom. The van der Waals surface area contributed by atoms with Crippen LogP contribution in [0.2, 0.25) is 0 Å². The molecule has 0 aliphatic rings. The Balaban J connectivity index is 2.26. The first kappa shape index (κ1) is 12.4. The summed E-state index contributed by atoms with van der Waals surface area (Å²) < 4.78 is 1.08. The number of halogens is 1. The lowest BCUT2D eigenvalue weighted by molar-refractivity contribution is 0.978. The number of H-pyrrole nitrogens is 1. The van der Waals surface area contributed by atoms with E-state index >= 15 is 0 Å². The van der Waals surface area contributed by atoms with Crippen molar-refractivity contribution >= 4 is 26.8 Å². The highest BCUT2D eigenvalue weighted by Gasteiger charge is 2.12. The smallest absolute Gasteiger partial charge is 0.0498 e. The summed E-state index contributed by atoms with van der Waals surface area (Å²) in [6.07, 6.45) is 4.47. The molecule has 0 radical (unpaired) electrons. The van der Waals surface area contributed by atoms with Crippen molar-refractivity contribution in [2.75, 3.05) is 6.54 Å². The molecule has 0 bridgehead atoms. The number of fused-ring (bicyclic) bond motifs is 1. The monoisotopic (exact) mass is 315 g/mol. The van der Waals surface area contributed by atoms with Crippen LogP contribution < -0.4 is 5.73 Å². The lowest BCUT2D eigenvalue weighted by Crippen LogP contribution is -2.03. The zero-order chi connectivity index (χ0) is 13.2. The van der Waals surface area contributed by atoms with Gasteiger partial charge in [-0.2, -0.15) is 0 Å². The zero-order valence-electron chi connectivity index (χ0n) is 10.4. The van der Waals surface area contributed by atoms with Crippen LogP contribution in [0.1, 0.15) is 5.56 Å². The first-order valence-corrected chi connectivity index (χ1v) is 6.99. The van der Waals surface area contributed by atoms with Crippen LogP contribution in [0.25, 0.3) is 22.2 Å². The maximum atomic E-state index is 5.76. The Labute approximate surface area is 120 Å². The van der Waals surface area contributed by atoms with Crippen LogP contribution in [0.5, 0.6) is 0 Å². The van der Waals surface area contributed by atoms with Crippen molar-refractivity contribution in [2.45, 2.75) is 6.42 Å². The van der Waals surface area contributed by atoms with Gasteiger partial charge in [-0.1, -0.05) is 15.9 Å². The number of nitrogens with one attached hydrogen (secondary N) is 1. The van der Waals surface area contributed by atoms with Gasteiger partial charge in [0.1, 0.15) is 0 Å². The van der Waals surface area contributed by atoms with Gasteiger partial charge in [-0.25, -0.2) is 0 Å². The van der Waals surface area contributed by atoms with Gasteiger partial charge in [0.15, 0.2) is 0 Å². The van der Waals surface area contributed by atoms with Crippen LogP contribution in [0.15, 0.2) is 47.2 Å². The van der Waals surface area contributed by atoms with Crippen LogP contribution in [-0.2, 0) is 6.42 Å². The van der Waals surface area contributed by atoms with Crippen molar-refractivity contribution in [1.82, 2.24) is 9.97 Å². The molecule has 2 aromatic heterocycles. The molecule has 3 N–H and O–H groups in total. The number of nitrogens with two attached hydrogens (primary N) is 1. The quantitative estimate of drug-likeness (QED) is 0.777. The second-order valence-electron chi connectivity index (χ2n) is 4.44. The Hall–Kier alpha value is -1.65. The maximum absolute atomic E-state index is 5.76. The van der Waals surface area contributed by atoms with Crippen LogP contribution in [0, 0.1) is 0 Å². The average Bonchev–Trinajstić information content (AvgIpc) is 2.79. The van der Waals surface area contributed by atoms with Crippen molar-refractivity contribution in [2.24, 2.45) is 5.73 Å². The van der Waals surface area contributed by atoms with E-state index in [-0.39, 0.29) is 0 Å². The second-order valence-corrected chi connectivity index (χ2v) is 5.36. The fourth-order valence-electron chi connectivity index (χ4n) is 2.39. The first-order chi connectivity index (χ1) is 9.29. The van der Waals surface area contributed by atoms with E-state index in [1.807, 2.05) is 30.6 Å². The lowest BCUT2D eigenvalue weighted by atomic mass is 10.0. The van der Waals surface area contributed by atoms with Gasteiger partial charge in [-0.3, -0.25) is 4.98 Å². The zero-order valence-corrected chi connectivity index (χ0v) is 11.9. The molecule has 0 fully saturated rings. The third-order valence-corrected chi connectivity index (χ3v) is 3.72. The van der Waals surface area contributed by atoms with E-state index in [0.717, 1.165) is 27.7 Å². The number of hydrogen-bond acceptors (Lipinski definition) is 2. The van der Waals surface area contributed by atoms with E-state index < -0.39 is 0 Å². The van der Waals surface area contributed by atoms with Gasteiger partial charge >= 0.3 is 0 Å². The van der Waals surface area contributed by atoms with Crippen molar-refractivity contribution in [1.29, 1.82) is 0 Å². The van der Waals surface area contributed by atoms with E-state index in [0.29, 0.717) is 6.54 Å². The van der Waals surface area contributed by atoms with Crippen LogP contribution >= 0.6 is 15.9 Å². The van der Waals surface area contributed by atoms with Crippen molar-refractivity contribution < 1.29 is 0 Å². The van der Waals surface area contributed by atoms with Gasteiger partial charge in [0.05, 0.1) is 0 Å². The molecule has 2 heterocycles. The predicted octanol–water partition coefficient (Wildman–Crippen LogP) is 3.49. The summed E-state index contributed by atoms with van der Waals surface area (Å²) in [5.41, 5.74) is 10.4. The Morgan fingerprint density at radius 3 is 2.68 bits per heavy atom. The molecule has 0 saturated heterocycles. The van der Waals surface area contributed by atoms with Crippen LogP contribution in [-0.4, -0.2) is 16.5 Å². The molecule has 0 spiro atoms. The highest BCUT2D eigenvalue weighted by atomic mass is 79.9. The number of pyridine rings is 1. The van der Waals surface area contributed by atoms with Gasteiger partial charge in [0, 0.05) is 39.0 Å². The van der Waals surface area contributed by atoms with Crippen molar-refractivity contribution in [3.05, 3.63) is 52.8 Å². The summed E-state index contributed by atoms with van der Waals surface area (Å²) in [7, 11) is 0. The molecule has 1 aromatic carbocycles. The highest BCUT2D eigenvalue weighted by Crippen LogP contribution is 2.31. The normalized spacial score (nSPS) is 11.1. The molecular weight excluding hydrogens is 302 g/mol. The Morgan fingerprint density at radius 1 is 1.16 bits per heavy atom. The Bertz CT molecular complexity index is 704. The van der Waals surface area contributed by atoms with E-state index in [4.69, 9.17) is 5.73 Å². The topological polar surface area (TPSA) is 54.7 Å². The number of nitrogens with zero attached hydrogens (tertiary/aromatic N) is 1. The van der Waals surface area contributed by atoms with Gasteiger partial charge in [-0.15, -0.1) is 0 Å². The first-order valence-electron chi connectivity index (χ1n) is 6.20. The average molecular weight is 316 g/mol. The van der Waals surface area contributed by atoms with E-state index in [1.165, 1.54) is 10.9 Å². The highest BCUT2D eigenvalue weighted by molar-refractivity contribution is 9.10. The summed E-state index contributed by atoms with van der Waals surface area (Å²) in [5.74, 6) is 0. The molecule has 0 aliphatic heterocycles. The summed E-state index contributed by atoms with van der Waals surface area (Å²) >= 11 is 3.53. The molecule has 0 amide bonds. The number of aromatic amines is 1. The van der Waals surface area contributed by atoms with Gasteiger partial charge in [0.2, 0.25) is 0 Å². The number of rotatable bonds is 3. The SMILES string of the molecule is NCCc1c(-c2ccncc2)[nH]c2ccc(Br)cc12. The number of hydrogen-bond donors (Lipinski definition) is 2. The third-order valence-electron chi connectivity index (χ3n) is 3.23. The number of aromatic nitrogens is 2. The molecule has 0 saturated carbocycles. The van der Waals surface area contributed by atoms with Gasteiger partial charge in [-0.05, 0) is 48.9 Å². The van der Waals surface area contributed by atoms with Gasteiger partial charge in [0.25, 0.3) is 0 Å². The van der Waals surface area contributed by atoms with Crippen molar-refractivity contribution in [3.8, 4) is 11.3 Å². The summed E-state index contributed by atoms with van der Waals surface area (Å²) in [6.45, 7) is 0.636. The van der Waals surface area contributed by atoms with Crippen LogP contribution in [0.3, 0.4) is 0 Å². The third kappa shape index (κ3) is 2.29. The fourth-order valence-corrected chi connectivity index (χ4v) is 2.75. The van der Waals surface area contributed by atoms with E-state index in [1.54, 1.807) is 0 Å². The Kier molecular flexibility index (Phi) is 3.36. The molecular formula is C15H14BrN3. The molecule has 3 aromatic rings. The molecule has 19 heavy (non-hydrogen) atoms. The van der Waals surface area contributed by atoms with Crippen molar-refractivity contribution in [3.63, 3.8) is 0 Å². The van der Waals surface area contributed by atoms with E-state index in [9.17, 15) is 0 Å². The number of benzene rings is 1. The predicted molar refractivity (Wildman–Crippen MR) is 82.0 cm³/mol. The van der Waals surface area contributed by atoms with E-state index in [2.05, 4.69) is 38.0 Å². The molecule has 4 heteroatoms. The summed E-state index contributed by atoms with van der Waals surface area (Å²) in [4.78, 5) is 7.56. The molecule has 3 rings (SSSR count). The molecule has 0 unspecified atom stereocenters. The van der Waals surface area contributed by atoms with Gasteiger partial charge < -0.3 is 10.7 Å². The second kappa shape index (κ2) is 5.15. The minimum absolute atomic E-state index is 0.636. The molecule has 3 nitrogen and oxygen atoms in total. The fraction of sp³-hybridized carbons (Fsp3) is 0.133. The molecule has 0 atom stereocenters. The minimum Gasteiger partial charge on any atom is -0.354 e. The maximum Gasteiger partial charge on any atom is 0.0498 e. The lowest BCUT2D eigenvalue weighted by Gasteiger charge is -2.03.